The zero-order valence-corrected chi connectivity index (χ0v) is 18.8. The lowest BCUT2D eigenvalue weighted by Gasteiger charge is -2.35. The minimum Gasteiger partial charge on any atom is -0.477 e. The topological polar surface area (TPSA) is 69.0 Å². The number of benzene rings is 2. The van der Waals surface area contributed by atoms with Crippen LogP contribution in [0.3, 0.4) is 0 Å². The van der Waals surface area contributed by atoms with E-state index in [4.69, 9.17) is 13.9 Å². The Bertz CT molecular complexity index is 1170. The molecule has 0 fully saturated rings. The number of nitrogens with zero attached hydrogens (tertiary/aromatic N) is 1. The molecule has 1 unspecified atom stereocenters. The van der Waals surface area contributed by atoms with E-state index in [0.29, 0.717) is 37.6 Å². The van der Waals surface area contributed by atoms with E-state index >= 15 is 0 Å². The van der Waals surface area contributed by atoms with Gasteiger partial charge in [-0.25, -0.2) is 4.79 Å². The van der Waals surface area contributed by atoms with Crippen LogP contribution in [0.5, 0.6) is 5.75 Å². The van der Waals surface area contributed by atoms with E-state index in [1.807, 2.05) is 38.1 Å². The molecule has 168 valence electrons. The van der Waals surface area contributed by atoms with Gasteiger partial charge in [0.1, 0.15) is 18.1 Å². The van der Waals surface area contributed by atoms with Crippen LogP contribution in [0.25, 0.3) is 11.0 Å². The third kappa shape index (κ3) is 4.55. The highest BCUT2D eigenvalue weighted by Gasteiger charge is 2.28. The average Bonchev–Trinajstić information content (AvgIpc) is 2.81. The first-order valence-corrected chi connectivity index (χ1v) is 11.1. The van der Waals surface area contributed by atoms with Crippen LogP contribution in [0.4, 0.5) is 0 Å². The van der Waals surface area contributed by atoms with Crippen LogP contribution in [0.15, 0.2) is 51.7 Å². The number of fused-ring (bicyclic) bond motifs is 3. The maximum atomic E-state index is 12.1. The van der Waals surface area contributed by atoms with Crippen LogP contribution in [0, 0.1) is 6.92 Å². The molecular weight excluding hydrogens is 406 g/mol. The quantitative estimate of drug-likeness (QED) is 0.388. The molecule has 0 bridgehead atoms. The number of aryl methyl sites for hydroxylation is 2. The zero-order valence-electron chi connectivity index (χ0n) is 18.8. The second-order valence-corrected chi connectivity index (χ2v) is 8.30. The van der Waals surface area contributed by atoms with Crippen molar-refractivity contribution in [3.05, 3.63) is 75.1 Å². The third-order valence-corrected chi connectivity index (χ3v) is 6.00. The number of carbonyl (C=O) groups excluding carboxylic acids is 1. The Hall–Kier alpha value is -3.12. The number of ether oxygens (including phenoxy) is 2. The van der Waals surface area contributed by atoms with Crippen molar-refractivity contribution in [1.29, 1.82) is 0 Å². The summed E-state index contributed by atoms with van der Waals surface area (Å²) in [6, 6.07) is 13.9. The minimum atomic E-state index is -0.374. The van der Waals surface area contributed by atoms with Crippen molar-refractivity contribution in [1.82, 2.24) is 4.90 Å². The first-order valence-electron chi connectivity index (χ1n) is 11.1. The number of carbonyl (C=O) groups is 1. The number of rotatable bonds is 7. The van der Waals surface area contributed by atoms with Gasteiger partial charge in [0.25, 0.3) is 0 Å². The van der Waals surface area contributed by atoms with E-state index in [0.717, 1.165) is 28.5 Å². The van der Waals surface area contributed by atoms with Crippen molar-refractivity contribution < 1.29 is 18.7 Å². The van der Waals surface area contributed by atoms with Crippen molar-refractivity contribution in [3.8, 4) is 5.75 Å². The van der Waals surface area contributed by atoms with Gasteiger partial charge in [0.15, 0.2) is 0 Å². The molecule has 6 nitrogen and oxygen atoms in total. The van der Waals surface area contributed by atoms with Crippen molar-refractivity contribution in [2.45, 2.75) is 52.6 Å². The molecule has 0 spiro atoms. The van der Waals surface area contributed by atoms with E-state index in [9.17, 15) is 9.59 Å². The molecule has 1 aromatic heterocycles. The molecule has 4 rings (SSSR count). The van der Waals surface area contributed by atoms with Crippen molar-refractivity contribution in [3.63, 3.8) is 0 Å². The van der Waals surface area contributed by atoms with Crippen LogP contribution >= 0.6 is 0 Å². The fourth-order valence-electron chi connectivity index (χ4n) is 4.18. The smallest absolute Gasteiger partial charge is 0.336 e. The molecule has 0 aliphatic carbocycles. The maximum absolute atomic E-state index is 12.1. The molecule has 1 atom stereocenters. The monoisotopic (exact) mass is 435 g/mol. The molecule has 0 amide bonds. The first kappa shape index (κ1) is 22.1. The fraction of sp³-hybridized carbons (Fsp3) is 0.385. The Balaban J connectivity index is 1.70. The number of hydrogen-bond donors (Lipinski definition) is 0. The zero-order chi connectivity index (χ0) is 22.7. The normalized spacial score (nSPS) is 14.6. The molecule has 1 aliphatic rings. The number of esters is 1. The highest BCUT2D eigenvalue weighted by atomic mass is 16.5. The van der Waals surface area contributed by atoms with Gasteiger partial charge in [0.05, 0.1) is 12.2 Å². The van der Waals surface area contributed by atoms with Gasteiger partial charge in [0, 0.05) is 30.5 Å². The second kappa shape index (κ2) is 9.57. The summed E-state index contributed by atoms with van der Waals surface area (Å²) >= 11 is 0. The van der Waals surface area contributed by atoms with E-state index < -0.39 is 0 Å². The summed E-state index contributed by atoms with van der Waals surface area (Å²) in [6.45, 7) is 7.45. The van der Waals surface area contributed by atoms with Gasteiger partial charge in [-0.15, -0.1) is 0 Å². The molecule has 2 heterocycles. The molecule has 6 heteroatoms. The van der Waals surface area contributed by atoms with E-state index in [1.54, 1.807) is 0 Å². The average molecular weight is 436 g/mol. The van der Waals surface area contributed by atoms with Crippen LogP contribution in [-0.4, -0.2) is 24.2 Å². The van der Waals surface area contributed by atoms with Gasteiger partial charge < -0.3 is 13.9 Å². The summed E-state index contributed by atoms with van der Waals surface area (Å²) < 4.78 is 17.1. The van der Waals surface area contributed by atoms with Gasteiger partial charge in [-0.05, 0) is 49.4 Å². The first-order chi connectivity index (χ1) is 15.5. The predicted octanol–water partition coefficient (Wildman–Crippen LogP) is 4.90. The molecule has 32 heavy (non-hydrogen) atoms. The minimum absolute atomic E-state index is 0.128. The summed E-state index contributed by atoms with van der Waals surface area (Å²) in [5, 5.41) is 0.873. The molecule has 1 aliphatic heterocycles. The molecule has 2 aromatic carbocycles. The fourth-order valence-corrected chi connectivity index (χ4v) is 4.18. The highest BCUT2D eigenvalue weighted by molar-refractivity contribution is 5.86. The molecule has 0 saturated carbocycles. The van der Waals surface area contributed by atoms with Crippen LogP contribution in [-0.2, 0) is 22.5 Å². The standard InChI is InChI=1S/C26H29NO5/c1-4-12-30-23(28)11-10-20-14-21-17(2)13-24(29)32-26(21)22-15-27(16-31-25(20)22)18(3)19-8-6-5-7-9-19/h5-9,13-14,18H,4,10-12,15-16H2,1-3H3. The van der Waals surface area contributed by atoms with Gasteiger partial charge in [-0.3, -0.25) is 9.69 Å². The molecular formula is C26H29NO5. The van der Waals surface area contributed by atoms with Crippen molar-refractivity contribution in [2.24, 2.45) is 0 Å². The van der Waals surface area contributed by atoms with Crippen LogP contribution < -0.4 is 10.4 Å². The largest absolute Gasteiger partial charge is 0.477 e. The highest BCUT2D eigenvalue weighted by Crippen LogP contribution is 2.39. The van der Waals surface area contributed by atoms with Gasteiger partial charge >= 0.3 is 11.6 Å². The Kier molecular flexibility index (Phi) is 6.61. The summed E-state index contributed by atoms with van der Waals surface area (Å²) in [7, 11) is 0. The number of hydrogen-bond acceptors (Lipinski definition) is 6. The molecule has 0 radical (unpaired) electrons. The lowest BCUT2D eigenvalue weighted by atomic mass is 9.97. The Labute approximate surface area is 187 Å². The third-order valence-electron chi connectivity index (χ3n) is 6.00. The van der Waals surface area contributed by atoms with Crippen LogP contribution in [0.1, 0.15) is 55.0 Å². The van der Waals surface area contributed by atoms with Crippen molar-refractivity contribution in [2.75, 3.05) is 13.3 Å². The Morgan fingerprint density at radius 1 is 1.22 bits per heavy atom. The van der Waals surface area contributed by atoms with Crippen LogP contribution in [0.2, 0.25) is 0 Å². The Morgan fingerprint density at radius 2 is 2.00 bits per heavy atom. The molecule has 0 N–H and O–H groups in total. The lowest BCUT2D eigenvalue weighted by molar-refractivity contribution is -0.143. The maximum Gasteiger partial charge on any atom is 0.336 e. The lowest BCUT2D eigenvalue weighted by Crippen LogP contribution is -2.35. The van der Waals surface area contributed by atoms with E-state index in [1.165, 1.54) is 11.6 Å². The Morgan fingerprint density at radius 3 is 2.75 bits per heavy atom. The second-order valence-electron chi connectivity index (χ2n) is 8.30. The van der Waals surface area contributed by atoms with E-state index in [2.05, 4.69) is 24.0 Å². The molecule has 0 saturated heterocycles. The summed E-state index contributed by atoms with van der Waals surface area (Å²) in [5.41, 5.74) is 4.02. The predicted molar refractivity (Wildman–Crippen MR) is 123 cm³/mol. The summed E-state index contributed by atoms with van der Waals surface area (Å²) in [5.74, 6) is 0.498. The van der Waals surface area contributed by atoms with E-state index in [-0.39, 0.29) is 24.1 Å². The van der Waals surface area contributed by atoms with Gasteiger partial charge in [-0.1, -0.05) is 37.3 Å². The summed E-state index contributed by atoms with van der Waals surface area (Å²) in [4.78, 5) is 26.4. The summed E-state index contributed by atoms with van der Waals surface area (Å²) in [6.07, 6.45) is 1.59. The SMILES string of the molecule is CCCOC(=O)CCc1cc2c(C)cc(=O)oc2c2c1OCN(C(C)c1ccccc1)C2. The van der Waals surface area contributed by atoms with Gasteiger partial charge in [0.2, 0.25) is 0 Å². The van der Waals surface area contributed by atoms with Crippen molar-refractivity contribution >= 4 is 16.9 Å². The van der Waals surface area contributed by atoms with Gasteiger partial charge in [-0.2, -0.15) is 0 Å². The molecule has 3 aromatic rings.